The van der Waals surface area contributed by atoms with Crippen LogP contribution in [0, 0.1) is 0 Å². The van der Waals surface area contributed by atoms with Crippen molar-refractivity contribution in [3.8, 4) is 0 Å². The molecule has 1 saturated heterocycles. The highest BCUT2D eigenvalue weighted by molar-refractivity contribution is 6.00. The molecule has 1 unspecified atom stereocenters. The Labute approximate surface area is 89.0 Å². The van der Waals surface area contributed by atoms with Crippen LogP contribution in [0.2, 0.25) is 0 Å². The third-order valence-electron chi connectivity index (χ3n) is 2.54. The number of hydrogen-bond acceptors (Lipinski definition) is 2. The molecular formula is C12H13NO2. The zero-order valence-electron chi connectivity index (χ0n) is 8.64. The van der Waals surface area contributed by atoms with Gasteiger partial charge in [0, 0.05) is 13.7 Å². The normalized spacial score (nSPS) is 20.3. The fraction of sp³-hybridized carbons (Fsp3) is 0.250. The van der Waals surface area contributed by atoms with Crippen LogP contribution in [0.5, 0.6) is 0 Å². The maximum absolute atomic E-state index is 11.5. The average molecular weight is 203 g/mol. The molecule has 1 fully saturated rings. The van der Waals surface area contributed by atoms with E-state index in [1.54, 1.807) is 12.0 Å². The summed E-state index contributed by atoms with van der Waals surface area (Å²) in [5, 5.41) is 0. The Kier molecular flexibility index (Phi) is 2.56. The van der Waals surface area contributed by atoms with E-state index < -0.39 is 0 Å². The molecule has 1 aromatic rings. The van der Waals surface area contributed by atoms with Crippen LogP contribution in [0.1, 0.15) is 5.56 Å². The maximum Gasteiger partial charge on any atom is 0.256 e. The molecule has 0 N–H and O–H groups in total. The molecule has 1 aliphatic rings. The Bertz CT molecular complexity index is 386. The van der Waals surface area contributed by atoms with Crippen LogP contribution in [0.15, 0.2) is 42.5 Å². The fourth-order valence-electron chi connectivity index (χ4n) is 1.72. The van der Waals surface area contributed by atoms with Gasteiger partial charge in [0.25, 0.3) is 5.91 Å². The van der Waals surface area contributed by atoms with Crippen LogP contribution < -0.4 is 0 Å². The lowest BCUT2D eigenvalue weighted by Gasteiger charge is -2.40. The van der Waals surface area contributed by atoms with Gasteiger partial charge in [-0.2, -0.15) is 0 Å². The Balaban J connectivity index is 2.07. The zero-order valence-corrected chi connectivity index (χ0v) is 8.64. The number of carbonyl (C=O) groups excluding carboxylic acids is 1. The molecule has 1 aliphatic heterocycles. The van der Waals surface area contributed by atoms with Crippen LogP contribution in [0.25, 0.3) is 0 Å². The predicted molar refractivity (Wildman–Crippen MR) is 56.9 cm³/mol. The molecule has 0 bridgehead atoms. The minimum Gasteiger partial charge on any atom is -0.357 e. The second-order valence-corrected chi connectivity index (χ2v) is 3.53. The second-order valence-electron chi connectivity index (χ2n) is 3.53. The van der Waals surface area contributed by atoms with Crippen LogP contribution >= 0.6 is 0 Å². The predicted octanol–water partition coefficient (Wildman–Crippen LogP) is 1.56. The summed E-state index contributed by atoms with van der Waals surface area (Å²) < 4.78 is 5.16. The van der Waals surface area contributed by atoms with Gasteiger partial charge in [0.1, 0.15) is 0 Å². The molecule has 3 heteroatoms. The van der Waals surface area contributed by atoms with Crippen molar-refractivity contribution in [2.75, 3.05) is 7.11 Å². The third kappa shape index (κ3) is 1.66. The van der Waals surface area contributed by atoms with Gasteiger partial charge >= 0.3 is 0 Å². The van der Waals surface area contributed by atoms with Crippen molar-refractivity contribution in [1.82, 2.24) is 4.90 Å². The smallest absolute Gasteiger partial charge is 0.256 e. The van der Waals surface area contributed by atoms with E-state index in [4.69, 9.17) is 4.74 Å². The standard InChI is InChI=1S/C12H13NO2/c1-9-11(14)13(12(9)15-2)8-10-6-4-3-5-7-10/h3-7,12H,1,8H2,2H3. The Hall–Kier alpha value is -1.61. The van der Waals surface area contributed by atoms with Gasteiger partial charge in [-0.25, -0.2) is 0 Å². The van der Waals surface area contributed by atoms with Crippen molar-refractivity contribution in [2.24, 2.45) is 0 Å². The molecule has 1 aromatic carbocycles. The van der Waals surface area contributed by atoms with E-state index in [1.165, 1.54) is 0 Å². The topological polar surface area (TPSA) is 29.5 Å². The number of carbonyl (C=O) groups is 1. The summed E-state index contributed by atoms with van der Waals surface area (Å²) in [5.41, 5.74) is 1.63. The fourth-order valence-corrected chi connectivity index (χ4v) is 1.72. The summed E-state index contributed by atoms with van der Waals surface area (Å²) in [6.45, 7) is 4.25. The van der Waals surface area contributed by atoms with E-state index in [9.17, 15) is 4.79 Å². The van der Waals surface area contributed by atoms with Crippen molar-refractivity contribution in [3.05, 3.63) is 48.0 Å². The van der Waals surface area contributed by atoms with Crippen LogP contribution in [0.3, 0.4) is 0 Å². The molecular weight excluding hydrogens is 190 g/mol. The Morgan fingerprint density at radius 3 is 2.67 bits per heavy atom. The van der Waals surface area contributed by atoms with Crippen LogP contribution in [-0.4, -0.2) is 24.1 Å². The highest BCUT2D eigenvalue weighted by Gasteiger charge is 2.40. The molecule has 0 spiro atoms. The quantitative estimate of drug-likeness (QED) is 0.551. The first-order chi connectivity index (χ1) is 7.24. The molecule has 0 aromatic heterocycles. The average Bonchev–Trinajstić information content (AvgIpc) is 2.29. The van der Waals surface area contributed by atoms with Gasteiger partial charge in [-0.05, 0) is 5.56 Å². The maximum atomic E-state index is 11.5. The van der Waals surface area contributed by atoms with Gasteiger partial charge in [-0.3, -0.25) is 4.79 Å². The minimum absolute atomic E-state index is 0.0225. The Morgan fingerprint density at radius 2 is 2.07 bits per heavy atom. The number of nitrogens with zero attached hydrogens (tertiary/aromatic N) is 1. The molecule has 1 amide bonds. The molecule has 1 heterocycles. The molecule has 15 heavy (non-hydrogen) atoms. The van der Waals surface area contributed by atoms with E-state index in [0.29, 0.717) is 12.1 Å². The zero-order chi connectivity index (χ0) is 10.8. The molecule has 0 aliphatic carbocycles. The monoisotopic (exact) mass is 203 g/mol. The highest BCUT2D eigenvalue weighted by atomic mass is 16.5. The largest absolute Gasteiger partial charge is 0.357 e. The van der Waals surface area contributed by atoms with E-state index in [1.807, 2.05) is 30.3 Å². The minimum atomic E-state index is -0.252. The summed E-state index contributed by atoms with van der Waals surface area (Å²) >= 11 is 0. The summed E-state index contributed by atoms with van der Waals surface area (Å²) in [5.74, 6) is -0.0225. The van der Waals surface area contributed by atoms with E-state index in [0.717, 1.165) is 5.56 Å². The van der Waals surface area contributed by atoms with Gasteiger partial charge in [0.2, 0.25) is 0 Å². The van der Waals surface area contributed by atoms with Crippen molar-refractivity contribution in [3.63, 3.8) is 0 Å². The Morgan fingerprint density at radius 1 is 1.40 bits per heavy atom. The lowest BCUT2D eigenvalue weighted by atomic mass is 10.0. The van der Waals surface area contributed by atoms with Crippen molar-refractivity contribution in [1.29, 1.82) is 0 Å². The summed E-state index contributed by atoms with van der Waals surface area (Å²) in [7, 11) is 1.58. The second kappa shape index (κ2) is 3.87. The number of methoxy groups -OCH3 is 1. The molecule has 0 saturated carbocycles. The van der Waals surface area contributed by atoms with E-state index >= 15 is 0 Å². The molecule has 78 valence electrons. The first kappa shape index (κ1) is 9.93. The number of ether oxygens (including phenoxy) is 1. The number of benzene rings is 1. The highest BCUT2D eigenvalue weighted by Crippen LogP contribution is 2.26. The van der Waals surface area contributed by atoms with Crippen molar-refractivity contribution in [2.45, 2.75) is 12.8 Å². The first-order valence-corrected chi connectivity index (χ1v) is 4.80. The number of likely N-dealkylation sites (tertiary alicyclic amines) is 1. The lowest BCUT2D eigenvalue weighted by molar-refractivity contribution is -0.154. The number of hydrogen-bond donors (Lipinski definition) is 0. The lowest BCUT2D eigenvalue weighted by Crippen LogP contribution is -2.54. The van der Waals surface area contributed by atoms with E-state index in [2.05, 4.69) is 6.58 Å². The molecule has 1 atom stereocenters. The molecule has 2 rings (SSSR count). The third-order valence-corrected chi connectivity index (χ3v) is 2.54. The summed E-state index contributed by atoms with van der Waals surface area (Å²) in [6.07, 6.45) is -0.252. The first-order valence-electron chi connectivity index (χ1n) is 4.80. The van der Waals surface area contributed by atoms with Gasteiger partial charge in [-0.1, -0.05) is 36.9 Å². The van der Waals surface area contributed by atoms with Gasteiger partial charge < -0.3 is 9.64 Å². The molecule has 3 nitrogen and oxygen atoms in total. The van der Waals surface area contributed by atoms with Gasteiger partial charge in [0.05, 0.1) is 5.57 Å². The van der Waals surface area contributed by atoms with Crippen molar-refractivity contribution < 1.29 is 9.53 Å². The van der Waals surface area contributed by atoms with Gasteiger partial charge in [0.15, 0.2) is 6.23 Å². The number of β-lactam (4-membered cyclic amide) rings is 1. The summed E-state index contributed by atoms with van der Waals surface area (Å²) in [6, 6.07) is 9.84. The number of amides is 1. The molecule has 0 radical (unpaired) electrons. The van der Waals surface area contributed by atoms with Crippen molar-refractivity contribution >= 4 is 5.91 Å². The van der Waals surface area contributed by atoms with Crippen LogP contribution in [0.4, 0.5) is 0 Å². The van der Waals surface area contributed by atoms with Gasteiger partial charge in [-0.15, -0.1) is 0 Å². The SMILES string of the molecule is C=C1C(=O)N(Cc2ccccc2)C1OC. The van der Waals surface area contributed by atoms with E-state index in [-0.39, 0.29) is 12.1 Å². The summed E-state index contributed by atoms with van der Waals surface area (Å²) in [4.78, 5) is 13.1. The van der Waals surface area contributed by atoms with Crippen LogP contribution in [-0.2, 0) is 16.1 Å². The number of rotatable bonds is 3.